The van der Waals surface area contributed by atoms with Crippen molar-refractivity contribution >= 4 is 33.5 Å². The molecule has 1 aromatic heterocycles. The van der Waals surface area contributed by atoms with Crippen LogP contribution >= 0.6 is 15.9 Å². The van der Waals surface area contributed by atoms with E-state index in [0.717, 1.165) is 4.47 Å². The molecule has 13 heavy (non-hydrogen) atoms. The first-order valence-electron chi connectivity index (χ1n) is 3.85. The molecule has 3 N–H and O–H groups in total. The molecule has 0 radical (unpaired) electrons. The first-order chi connectivity index (χ1) is 6.13. The topological polar surface area (TPSA) is 68.0 Å². The molecule has 0 saturated heterocycles. The van der Waals surface area contributed by atoms with E-state index in [2.05, 4.69) is 26.2 Å². The molecule has 0 fully saturated rings. The third-order valence-corrected chi connectivity index (χ3v) is 2.13. The summed E-state index contributed by atoms with van der Waals surface area (Å²) in [5.41, 5.74) is 5.53. The lowest BCUT2D eigenvalue weighted by Gasteiger charge is -2.03. The zero-order valence-electron chi connectivity index (χ0n) is 7.17. The number of nitrogens with two attached hydrogens (primary N) is 1. The fourth-order valence-corrected chi connectivity index (χ4v) is 0.980. The molecule has 1 aromatic rings. The van der Waals surface area contributed by atoms with E-state index >= 15 is 0 Å². The van der Waals surface area contributed by atoms with Crippen LogP contribution in [0.25, 0.3) is 0 Å². The highest BCUT2D eigenvalue weighted by Gasteiger charge is 2.02. The first kappa shape index (κ1) is 9.98. The largest absolute Gasteiger partial charge is 0.383 e. The number of hydrogen-bond acceptors (Lipinski definition) is 3. The SMILES string of the molecule is CCC(=O)Nc1ccc(Br)c(N)n1. The van der Waals surface area contributed by atoms with Gasteiger partial charge in [0, 0.05) is 6.42 Å². The molecule has 0 spiro atoms. The Morgan fingerprint density at radius 3 is 2.92 bits per heavy atom. The monoisotopic (exact) mass is 243 g/mol. The Labute approximate surface area is 84.7 Å². The molecule has 1 heterocycles. The maximum absolute atomic E-state index is 11.0. The van der Waals surface area contributed by atoms with Gasteiger partial charge in [-0.2, -0.15) is 0 Å². The molecule has 1 rings (SSSR count). The second-order valence-corrected chi connectivity index (χ2v) is 3.32. The molecule has 0 bridgehead atoms. The molecule has 0 aliphatic rings. The molecular formula is C8H10BrN3O. The van der Waals surface area contributed by atoms with E-state index in [1.807, 2.05) is 0 Å². The van der Waals surface area contributed by atoms with E-state index in [1.54, 1.807) is 19.1 Å². The maximum Gasteiger partial charge on any atom is 0.225 e. The van der Waals surface area contributed by atoms with E-state index in [-0.39, 0.29) is 5.91 Å². The molecule has 5 heteroatoms. The summed E-state index contributed by atoms with van der Waals surface area (Å²) < 4.78 is 0.724. The molecule has 1 amide bonds. The molecule has 0 atom stereocenters. The van der Waals surface area contributed by atoms with Crippen molar-refractivity contribution in [3.8, 4) is 0 Å². The minimum absolute atomic E-state index is 0.0748. The number of carbonyl (C=O) groups excluding carboxylic acids is 1. The van der Waals surface area contributed by atoms with Crippen LogP contribution < -0.4 is 11.1 Å². The van der Waals surface area contributed by atoms with Crippen LogP contribution in [0.3, 0.4) is 0 Å². The summed E-state index contributed by atoms with van der Waals surface area (Å²) in [6.45, 7) is 1.78. The highest BCUT2D eigenvalue weighted by atomic mass is 79.9. The summed E-state index contributed by atoms with van der Waals surface area (Å²) >= 11 is 3.21. The normalized spacial score (nSPS) is 9.69. The second kappa shape index (κ2) is 4.23. The maximum atomic E-state index is 11.0. The van der Waals surface area contributed by atoms with Gasteiger partial charge in [0.25, 0.3) is 0 Å². The van der Waals surface area contributed by atoms with Crippen LogP contribution in [0.15, 0.2) is 16.6 Å². The van der Waals surface area contributed by atoms with Crippen molar-refractivity contribution in [1.82, 2.24) is 4.98 Å². The van der Waals surface area contributed by atoms with Crippen LogP contribution in [0.1, 0.15) is 13.3 Å². The predicted molar refractivity (Wildman–Crippen MR) is 55.3 cm³/mol. The summed E-state index contributed by atoms with van der Waals surface area (Å²) in [6, 6.07) is 3.43. The summed E-state index contributed by atoms with van der Waals surface area (Å²) in [4.78, 5) is 14.9. The number of pyridine rings is 1. The van der Waals surface area contributed by atoms with E-state index in [4.69, 9.17) is 5.73 Å². The van der Waals surface area contributed by atoms with E-state index in [0.29, 0.717) is 18.1 Å². The molecule has 70 valence electrons. The standard InChI is InChI=1S/C8H10BrN3O/c1-2-7(13)11-6-4-3-5(9)8(10)12-6/h3-4H,2H2,1H3,(H3,10,11,12,13). The number of nitrogens with one attached hydrogen (secondary N) is 1. The molecular weight excluding hydrogens is 234 g/mol. The van der Waals surface area contributed by atoms with Gasteiger partial charge >= 0.3 is 0 Å². The Kier molecular flexibility index (Phi) is 3.25. The zero-order chi connectivity index (χ0) is 9.84. The smallest absolute Gasteiger partial charge is 0.225 e. The highest BCUT2D eigenvalue weighted by Crippen LogP contribution is 2.18. The first-order valence-corrected chi connectivity index (χ1v) is 4.64. The van der Waals surface area contributed by atoms with Crippen LogP contribution in [-0.2, 0) is 4.79 Å². The van der Waals surface area contributed by atoms with Crippen LogP contribution in [0.2, 0.25) is 0 Å². The number of hydrogen-bond donors (Lipinski definition) is 2. The zero-order valence-corrected chi connectivity index (χ0v) is 8.76. The molecule has 0 aromatic carbocycles. The lowest BCUT2D eigenvalue weighted by atomic mass is 10.4. The number of amides is 1. The number of nitrogen functional groups attached to an aromatic ring is 1. The number of rotatable bonds is 2. The highest BCUT2D eigenvalue weighted by molar-refractivity contribution is 9.10. The minimum Gasteiger partial charge on any atom is -0.383 e. The van der Waals surface area contributed by atoms with Gasteiger partial charge in [-0.3, -0.25) is 4.79 Å². The summed E-state index contributed by atoms with van der Waals surface area (Å²) in [5.74, 6) is 0.774. The number of halogens is 1. The molecule has 4 nitrogen and oxygen atoms in total. The third-order valence-electron chi connectivity index (χ3n) is 1.46. The van der Waals surface area contributed by atoms with Crippen LogP contribution in [-0.4, -0.2) is 10.9 Å². The average Bonchev–Trinajstić information content (AvgIpc) is 2.11. The lowest BCUT2D eigenvalue weighted by molar-refractivity contribution is -0.115. The Bertz CT molecular complexity index is 327. The van der Waals surface area contributed by atoms with E-state index in [1.165, 1.54) is 0 Å². The number of nitrogens with zero attached hydrogens (tertiary/aromatic N) is 1. The van der Waals surface area contributed by atoms with Crippen LogP contribution in [0.5, 0.6) is 0 Å². The van der Waals surface area contributed by atoms with Gasteiger partial charge in [-0.15, -0.1) is 0 Å². The minimum atomic E-state index is -0.0748. The Balaban J connectivity index is 2.79. The lowest BCUT2D eigenvalue weighted by Crippen LogP contribution is -2.11. The second-order valence-electron chi connectivity index (χ2n) is 2.47. The quantitative estimate of drug-likeness (QED) is 0.833. The van der Waals surface area contributed by atoms with Gasteiger partial charge in [0.2, 0.25) is 5.91 Å². The van der Waals surface area contributed by atoms with Gasteiger partial charge in [0.05, 0.1) is 4.47 Å². The van der Waals surface area contributed by atoms with E-state index < -0.39 is 0 Å². The summed E-state index contributed by atoms with van der Waals surface area (Å²) in [6.07, 6.45) is 0.428. The molecule has 0 unspecified atom stereocenters. The van der Waals surface area contributed by atoms with Crippen molar-refractivity contribution in [2.45, 2.75) is 13.3 Å². The number of aromatic nitrogens is 1. The number of carbonyl (C=O) groups is 1. The fraction of sp³-hybridized carbons (Fsp3) is 0.250. The van der Waals surface area contributed by atoms with Gasteiger partial charge < -0.3 is 11.1 Å². The van der Waals surface area contributed by atoms with Crippen LogP contribution in [0, 0.1) is 0 Å². The molecule has 0 aliphatic heterocycles. The van der Waals surface area contributed by atoms with Gasteiger partial charge in [0.1, 0.15) is 11.6 Å². The van der Waals surface area contributed by atoms with Gasteiger partial charge in [0.15, 0.2) is 0 Å². The summed E-state index contributed by atoms with van der Waals surface area (Å²) in [7, 11) is 0. The van der Waals surface area contributed by atoms with E-state index in [9.17, 15) is 4.79 Å². The van der Waals surface area contributed by atoms with Gasteiger partial charge in [-0.05, 0) is 28.1 Å². The van der Waals surface area contributed by atoms with Crippen molar-refractivity contribution in [1.29, 1.82) is 0 Å². The molecule has 0 saturated carbocycles. The summed E-state index contributed by atoms with van der Waals surface area (Å²) in [5, 5.41) is 2.61. The van der Waals surface area contributed by atoms with Crippen molar-refractivity contribution in [2.75, 3.05) is 11.1 Å². The fourth-order valence-electron chi connectivity index (χ4n) is 0.759. The Hall–Kier alpha value is -1.10. The van der Waals surface area contributed by atoms with Crippen molar-refractivity contribution in [3.05, 3.63) is 16.6 Å². The van der Waals surface area contributed by atoms with Crippen molar-refractivity contribution in [3.63, 3.8) is 0 Å². The van der Waals surface area contributed by atoms with Gasteiger partial charge in [-0.1, -0.05) is 6.92 Å². The van der Waals surface area contributed by atoms with Gasteiger partial charge in [-0.25, -0.2) is 4.98 Å². The van der Waals surface area contributed by atoms with Crippen LogP contribution in [0.4, 0.5) is 11.6 Å². The average molecular weight is 244 g/mol. The molecule has 0 aliphatic carbocycles. The van der Waals surface area contributed by atoms with Crippen molar-refractivity contribution in [2.24, 2.45) is 0 Å². The Morgan fingerprint density at radius 1 is 1.69 bits per heavy atom. The third kappa shape index (κ3) is 2.69. The van der Waals surface area contributed by atoms with Crippen molar-refractivity contribution < 1.29 is 4.79 Å². The Morgan fingerprint density at radius 2 is 2.38 bits per heavy atom. The predicted octanol–water partition coefficient (Wildman–Crippen LogP) is 1.77. The number of anilines is 2.